The summed E-state index contributed by atoms with van der Waals surface area (Å²) in [4.78, 5) is 23.7. The van der Waals surface area contributed by atoms with Crippen LogP contribution in [-0.2, 0) is 23.1 Å². The minimum Gasteiger partial charge on any atom is -0.490 e. The molecule has 1 amide bonds. The number of hydrogen-bond donors (Lipinski definition) is 0. The molecule has 1 aliphatic rings. The van der Waals surface area contributed by atoms with Crippen LogP contribution in [-0.4, -0.2) is 62.0 Å². The number of hydrogen-bond acceptors (Lipinski definition) is 7. The summed E-state index contributed by atoms with van der Waals surface area (Å²) in [5, 5.41) is 4.72. The van der Waals surface area contributed by atoms with Crippen LogP contribution < -0.4 is 4.74 Å². The average molecular weight is 643 g/mol. The lowest BCUT2D eigenvalue weighted by Crippen LogP contribution is -2.40. The zero-order chi connectivity index (χ0) is 33.0. The maximum atomic E-state index is 16.0. The van der Waals surface area contributed by atoms with E-state index in [2.05, 4.69) is 11.6 Å². The molecule has 7 rings (SSSR count). The normalized spacial score (nSPS) is 14.6. The van der Waals surface area contributed by atoms with Gasteiger partial charge in [-0.2, -0.15) is 5.10 Å². The van der Waals surface area contributed by atoms with E-state index >= 15 is 8.78 Å². The van der Waals surface area contributed by atoms with Crippen molar-refractivity contribution in [3.05, 3.63) is 84.8 Å². The number of pyridine rings is 1. The maximum Gasteiger partial charge on any atom is 0.246 e. The number of aromatic nitrogens is 5. The molecule has 13 heteroatoms. The van der Waals surface area contributed by atoms with Crippen molar-refractivity contribution in [2.45, 2.75) is 19.5 Å². The van der Waals surface area contributed by atoms with Crippen LogP contribution >= 0.6 is 0 Å². The van der Waals surface area contributed by atoms with Crippen molar-refractivity contribution in [1.82, 2.24) is 29.2 Å². The molecule has 0 fully saturated rings. The second-order valence-corrected chi connectivity index (χ2v) is 11.2. The number of furan rings is 1. The van der Waals surface area contributed by atoms with Crippen LogP contribution in [0, 0.1) is 17.5 Å². The fraction of sp³-hybridized carbons (Fsp3) is 0.235. The summed E-state index contributed by atoms with van der Waals surface area (Å²) in [6.07, 6.45) is 3.86. The topological polar surface area (TPSA) is 100 Å². The maximum absolute atomic E-state index is 16.0. The van der Waals surface area contributed by atoms with Crippen molar-refractivity contribution in [2.24, 2.45) is 7.05 Å². The molecule has 6 aromatic rings. The van der Waals surface area contributed by atoms with E-state index in [9.17, 15) is 9.18 Å². The highest BCUT2D eigenvalue weighted by molar-refractivity contribution is 6.07. The Balaban J connectivity index is 1.53. The van der Waals surface area contributed by atoms with Gasteiger partial charge in [0, 0.05) is 44.0 Å². The molecule has 0 aliphatic carbocycles. The first-order valence-corrected chi connectivity index (χ1v) is 14.8. The predicted molar refractivity (Wildman–Crippen MR) is 168 cm³/mol. The van der Waals surface area contributed by atoms with Gasteiger partial charge in [-0.25, -0.2) is 23.1 Å². The molecule has 1 aliphatic heterocycles. The van der Waals surface area contributed by atoms with Gasteiger partial charge in [0.15, 0.2) is 11.4 Å². The molecular formula is C34H29F3N6O4. The minimum atomic E-state index is -0.995. The van der Waals surface area contributed by atoms with Crippen molar-refractivity contribution < 1.29 is 31.9 Å². The second kappa shape index (κ2) is 11.7. The number of nitrogens with zero attached hydrogens (tertiary/aromatic N) is 6. The van der Waals surface area contributed by atoms with Crippen LogP contribution in [0.1, 0.15) is 18.7 Å². The van der Waals surface area contributed by atoms with E-state index in [1.165, 1.54) is 13.2 Å². The van der Waals surface area contributed by atoms with Crippen LogP contribution in [0.5, 0.6) is 5.75 Å². The number of methoxy groups -OCH3 is 1. The molecule has 1 atom stereocenters. The van der Waals surface area contributed by atoms with E-state index in [0.29, 0.717) is 35.9 Å². The quantitative estimate of drug-likeness (QED) is 0.139. The number of aryl methyl sites for hydroxylation is 1. The van der Waals surface area contributed by atoms with Crippen LogP contribution in [0.2, 0.25) is 0 Å². The molecule has 47 heavy (non-hydrogen) atoms. The summed E-state index contributed by atoms with van der Waals surface area (Å²) in [5.74, 6) is -3.07. The highest BCUT2D eigenvalue weighted by Gasteiger charge is 2.32. The second-order valence-electron chi connectivity index (χ2n) is 11.2. The minimum absolute atomic E-state index is 0.0269. The lowest BCUT2D eigenvalue weighted by Gasteiger charge is -2.33. The summed E-state index contributed by atoms with van der Waals surface area (Å²) in [6.45, 7) is 6.33. The van der Waals surface area contributed by atoms with Gasteiger partial charge in [0.25, 0.3) is 0 Å². The third kappa shape index (κ3) is 5.03. The molecule has 2 aromatic carbocycles. The van der Waals surface area contributed by atoms with Gasteiger partial charge in [0.1, 0.15) is 47.3 Å². The zero-order valence-electron chi connectivity index (χ0n) is 25.8. The highest BCUT2D eigenvalue weighted by atomic mass is 19.1. The summed E-state index contributed by atoms with van der Waals surface area (Å²) >= 11 is 0. The SMILES string of the molecule is C=CC(=O)N1CCn2nc(-c3nc(-c4ccc5c(c4)ncn5C)c4occ(F)c4c3-c3c(F)cc(F)cc3OCCOC)cc2[C@H]1C. The highest BCUT2D eigenvalue weighted by Crippen LogP contribution is 2.47. The number of imidazole rings is 1. The fourth-order valence-corrected chi connectivity index (χ4v) is 6.17. The first-order chi connectivity index (χ1) is 22.7. The number of benzene rings is 2. The van der Waals surface area contributed by atoms with Gasteiger partial charge < -0.3 is 23.4 Å². The van der Waals surface area contributed by atoms with Crippen LogP contribution in [0.25, 0.3) is 55.8 Å². The van der Waals surface area contributed by atoms with E-state index in [-0.39, 0.29) is 70.1 Å². The number of rotatable bonds is 8. The Morgan fingerprint density at radius 2 is 1.91 bits per heavy atom. The molecule has 4 aromatic heterocycles. The number of halogens is 3. The lowest BCUT2D eigenvalue weighted by molar-refractivity contribution is -0.129. The third-order valence-electron chi connectivity index (χ3n) is 8.44. The standard InChI is InChI=1S/C34H29F3N6O4/c1-5-28(44)42-8-9-43-26(18(42)2)15-24(40-43)33-31(29-21(36)13-20(35)14-27(29)46-11-10-45-4)30-22(37)16-47-34(30)32(39-33)19-6-7-25-23(12-19)38-17-41(25)3/h5-7,12-18H,1,8-11H2,2-4H3/t18-/m1/s1. The number of fused-ring (bicyclic) bond motifs is 3. The van der Waals surface area contributed by atoms with Crippen molar-refractivity contribution in [3.63, 3.8) is 0 Å². The molecule has 0 saturated heterocycles. The van der Waals surface area contributed by atoms with E-state index in [0.717, 1.165) is 17.8 Å². The molecule has 240 valence electrons. The Kier molecular flexibility index (Phi) is 7.55. The van der Waals surface area contributed by atoms with Crippen molar-refractivity contribution in [1.29, 1.82) is 0 Å². The first-order valence-electron chi connectivity index (χ1n) is 14.8. The number of ether oxygens (including phenoxy) is 2. The molecule has 0 bridgehead atoms. The third-order valence-corrected chi connectivity index (χ3v) is 8.44. The number of carbonyl (C=O) groups is 1. The van der Waals surface area contributed by atoms with Gasteiger partial charge in [-0.05, 0) is 31.2 Å². The van der Waals surface area contributed by atoms with Gasteiger partial charge in [-0.1, -0.05) is 12.6 Å². The van der Waals surface area contributed by atoms with Crippen molar-refractivity contribution in [2.75, 3.05) is 26.9 Å². The van der Waals surface area contributed by atoms with Crippen molar-refractivity contribution in [3.8, 4) is 39.5 Å². The molecule has 0 spiro atoms. The van der Waals surface area contributed by atoms with E-state index < -0.39 is 17.5 Å². The molecule has 0 radical (unpaired) electrons. The largest absolute Gasteiger partial charge is 0.490 e. The van der Waals surface area contributed by atoms with Gasteiger partial charge >= 0.3 is 0 Å². The van der Waals surface area contributed by atoms with Crippen LogP contribution in [0.15, 0.2) is 66.1 Å². The van der Waals surface area contributed by atoms with E-state index in [1.54, 1.807) is 28.0 Å². The zero-order valence-corrected chi connectivity index (χ0v) is 25.8. The van der Waals surface area contributed by atoms with Crippen LogP contribution in [0.3, 0.4) is 0 Å². The molecule has 0 unspecified atom stereocenters. The molecule has 0 saturated carbocycles. The van der Waals surface area contributed by atoms with E-state index in [4.69, 9.17) is 24.0 Å². The Morgan fingerprint density at radius 1 is 1.09 bits per heavy atom. The Hall–Kier alpha value is -5.43. The van der Waals surface area contributed by atoms with Crippen molar-refractivity contribution >= 4 is 27.9 Å². The fourth-order valence-electron chi connectivity index (χ4n) is 6.17. The van der Waals surface area contributed by atoms with Crippen LogP contribution in [0.4, 0.5) is 13.2 Å². The molecule has 5 heterocycles. The summed E-state index contributed by atoms with van der Waals surface area (Å²) in [5.41, 5.74) is 3.25. The Labute approximate surface area is 266 Å². The van der Waals surface area contributed by atoms with E-state index in [1.807, 2.05) is 30.7 Å². The monoisotopic (exact) mass is 642 g/mol. The Bertz CT molecular complexity index is 2200. The van der Waals surface area contributed by atoms with Gasteiger partial charge in [0.05, 0.1) is 53.2 Å². The molecular weight excluding hydrogens is 613 g/mol. The Morgan fingerprint density at radius 3 is 2.70 bits per heavy atom. The van der Waals surface area contributed by atoms with Gasteiger partial charge in [-0.15, -0.1) is 0 Å². The van der Waals surface area contributed by atoms with Gasteiger partial charge in [0.2, 0.25) is 5.91 Å². The first kappa shape index (κ1) is 30.2. The lowest BCUT2D eigenvalue weighted by atomic mass is 9.94. The summed E-state index contributed by atoms with van der Waals surface area (Å²) in [6, 6.07) is 8.57. The number of carbonyl (C=O) groups excluding carboxylic acids is 1. The summed E-state index contributed by atoms with van der Waals surface area (Å²) in [7, 11) is 3.34. The van der Waals surface area contributed by atoms with Gasteiger partial charge in [-0.3, -0.25) is 9.48 Å². The predicted octanol–water partition coefficient (Wildman–Crippen LogP) is 6.44. The smallest absolute Gasteiger partial charge is 0.246 e. The molecule has 0 N–H and O–H groups in total. The molecule has 10 nitrogen and oxygen atoms in total. The summed E-state index contributed by atoms with van der Waals surface area (Å²) < 4.78 is 66.8. The number of amides is 1. The average Bonchev–Trinajstić information content (AvgIpc) is 3.77.